The maximum Gasteiger partial charge on any atom is 0.416 e. The number of hydrogen-bond donors (Lipinski definition) is 1. The summed E-state index contributed by atoms with van der Waals surface area (Å²) in [5, 5.41) is 10.1. The minimum Gasteiger partial charge on any atom is -0.386 e. The largest absolute Gasteiger partial charge is 0.416 e. The molecule has 1 aliphatic rings. The van der Waals surface area contributed by atoms with Crippen molar-refractivity contribution in [1.29, 1.82) is 0 Å². The van der Waals surface area contributed by atoms with Crippen LogP contribution in [0.5, 0.6) is 0 Å². The summed E-state index contributed by atoms with van der Waals surface area (Å²) in [6, 6.07) is 4.55. The van der Waals surface area contributed by atoms with E-state index in [0.717, 1.165) is 18.7 Å². The highest BCUT2D eigenvalue weighted by molar-refractivity contribution is 5.26. The second kappa shape index (κ2) is 5.48. The van der Waals surface area contributed by atoms with Gasteiger partial charge >= 0.3 is 6.18 Å². The van der Waals surface area contributed by atoms with E-state index < -0.39 is 23.9 Å². The van der Waals surface area contributed by atoms with Crippen molar-refractivity contribution in [3.05, 3.63) is 35.4 Å². The van der Waals surface area contributed by atoms with Gasteiger partial charge in [0.05, 0.1) is 12.2 Å². The molecule has 2 atom stereocenters. The lowest BCUT2D eigenvalue weighted by Crippen LogP contribution is -2.42. The first-order valence-corrected chi connectivity index (χ1v) is 6.03. The molecule has 0 bridgehead atoms. The van der Waals surface area contributed by atoms with Crippen molar-refractivity contribution < 1.29 is 23.0 Å². The molecule has 0 spiro atoms. The fourth-order valence-corrected chi connectivity index (χ4v) is 2.09. The van der Waals surface area contributed by atoms with Crippen LogP contribution in [0, 0.1) is 0 Å². The van der Waals surface area contributed by atoms with Gasteiger partial charge in [-0.2, -0.15) is 13.2 Å². The van der Waals surface area contributed by atoms with Crippen molar-refractivity contribution in [2.75, 3.05) is 26.7 Å². The van der Waals surface area contributed by atoms with Crippen LogP contribution in [-0.4, -0.2) is 42.9 Å². The number of benzene rings is 1. The Labute approximate surface area is 109 Å². The average Bonchev–Trinajstić information content (AvgIpc) is 2.37. The molecular formula is C13H16F3NO2. The van der Waals surface area contributed by atoms with Crippen LogP contribution in [-0.2, 0) is 10.9 Å². The summed E-state index contributed by atoms with van der Waals surface area (Å²) >= 11 is 0. The van der Waals surface area contributed by atoms with E-state index in [9.17, 15) is 18.3 Å². The van der Waals surface area contributed by atoms with Crippen LogP contribution in [0.4, 0.5) is 13.2 Å². The molecular weight excluding hydrogens is 259 g/mol. The standard InChI is InChI=1S/C13H16F3NO2/c1-17-6-7-19-11(8-17)12(18)9-2-4-10(5-3-9)13(14,15)16/h2-5,11-12,18H,6-8H2,1H3. The number of nitrogens with zero attached hydrogens (tertiary/aromatic N) is 1. The molecule has 1 aromatic carbocycles. The third-order valence-corrected chi connectivity index (χ3v) is 3.23. The van der Waals surface area contributed by atoms with Crippen LogP contribution in [0.1, 0.15) is 17.2 Å². The molecule has 106 valence electrons. The smallest absolute Gasteiger partial charge is 0.386 e. The van der Waals surface area contributed by atoms with E-state index in [2.05, 4.69) is 0 Å². The molecule has 1 heterocycles. The van der Waals surface area contributed by atoms with Gasteiger partial charge in [0.25, 0.3) is 0 Å². The Bertz CT molecular complexity index is 419. The minimum absolute atomic E-state index is 0.407. The summed E-state index contributed by atoms with van der Waals surface area (Å²) in [6.07, 6.45) is -5.68. The van der Waals surface area contributed by atoms with E-state index in [1.54, 1.807) is 0 Å². The molecule has 2 unspecified atom stereocenters. The lowest BCUT2D eigenvalue weighted by Gasteiger charge is -2.33. The van der Waals surface area contributed by atoms with E-state index in [1.807, 2.05) is 11.9 Å². The molecule has 0 amide bonds. The van der Waals surface area contributed by atoms with Gasteiger partial charge in [0.1, 0.15) is 12.2 Å². The van der Waals surface area contributed by atoms with Gasteiger partial charge in [0.15, 0.2) is 0 Å². The average molecular weight is 275 g/mol. The number of morpholine rings is 1. The van der Waals surface area contributed by atoms with E-state index in [-0.39, 0.29) is 0 Å². The zero-order valence-corrected chi connectivity index (χ0v) is 10.5. The van der Waals surface area contributed by atoms with Gasteiger partial charge in [-0.3, -0.25) is 0 Å². The summed E-state index contributed by atoms with van der Waals surface area (Å²) in [5.74, 6) is 0. The number of likely N-dealkylation sites (N-methyl/N-ethyl adjacent to an activating group) is 1. The fraction of sp³-hybridized carbons (Fsp3) is 0.538. The molecule has 2 rings (SSSR count). The van der Waals surface area contributed by atoms with Crippen LogP contribution in [0.25, 0.3) is 0 Å². The van der Waals surface area contributed by atoms with Crippen LogP contribution in [0.3, 0.4) is 0 Å². The Morgan fingerprint density at radius 3 is 2.47 bits per heavy atom. The predicted octanol–water partition coefficient (Wildman–Crippen LogP) is 2.07. The highest BCUT2D eigenvalue weighted by atomic mass is 19.4. The van der Waals surface area contributed by atoms with Gasteiger partial charge in [0, 0.05) is 13.1 Å². The summed E-state index contributed by atoms with van der Waals surface area (Å²) in [6.45, 7) is 1.86. The molecule has 1 aromatic rings. The van der Waals surface area contributed by atoms with E-state index in [4.69, 9.17) is 4.74 Å². The number of rotatable bonds is 2. The van der Waals surface area contributed by atoms with Crippen molar-refractivity contribution in [2.45, 2.75) is 18.4 Å². The monoisotopic (exact) mass is 275 g/mol. The molecule has 1 fully saturated rings. The zero-order chi connectivity index (χ0) is 14.0. The van der Waals surface area contributed by atoms with Crippen molar-refractivity contribution in [2.24, 2.45) is 0 Å². The third-order valence-electron chi connectivity index (χ3n) is 3.23. The first-order chi connectivity index (χ1) is 8.88. The SMILES string of the molecule is CN1CCOC(C(O)c2ccc(C(F)(F)F)cc2)C1. The number of hydrogen-bond acceptors (Lipinski definition) is 3. The summed E-state index contributed by atoms with van der Waals surface area (Å²) < 4.78 is 42.7. The molecule has 19 heavy (non-hydrogen) atoms. The normalized spacial score (nSPS) is 23.3. The molecule has 0 aromatic heterocycles. The van der Waals surface area contributed by atoms with Gasteiger partial charge in [-0.25, -0.2) is 0 Å². The second-order valence-corrected chi connectivity index (χ2v) is 4.74. The third kappa shape index (κ3) is 3.46. The van der Waals surface area contributed by atoms with Crippen molar-refractivity contribution in [1.82, 2.24) is 4.90 Å². The Kier molecular flexibility index (Phi) is 4.13. The quantitative estimate of drug-likeness (QED) is 0.897. The molecule has 6 heteroatoms. The maximum atomic E-state index is 12.4. The zero-order valence-electron chi connectivity index (χ0n) is 10.5. The van der Waals surface area contributed by atoms with Crippen molar-refractivity contribution in [3.63, 3.8) is 0 Å². The number of alkyl halides is 3. The van der Waals surface area contributed by atoms with Crippen molar-refractivity contribution in [3.8, 4) is 0 Å². The highest BCUT2D eigenvalue weighted by Gasteiger charge is 2.31. The van der Waals surface area contributed by atoms with Gasteiger partial charge < -0.3 is 14.7 Å². The number of ether oxygens (including phenoxy) is 1. The van der Waals surface area contributed by atoms with E-state index >= 15 is 0 Å². The van der Waals surface area contributed by atoms with Gasteiger partial charge in [-0.05, 0) is 24.7 Å². The first-order valence-electron chi connectivity index (χ1n) is 6.03. The summed E-state index contributed by atoms with van der Waals surface area (Å²) in [5.41, 5.74) is -0.279. The molecule has 0 radical (unpaired) electrons. The fourth-order valence-electron chi connectivity index (χ4n) is 2.09. The van der Waals surface area contributed by atoms with Crippen molar-refractivity contribution >= 4 is 0 Å². The highest BCUT2D eigenvalue weighted by Crippen LogP contribution is 2.30. The number of aliphatic hydroxyl groups is 1. The molecule has 1 saturated heterocycles. The van der Waals surface area contributed by atoms with Crippen LogP contribution >= 0.6 is 0 Å². The number of halogens is 3. The van der Waals surface area contributed by atoms with Crippen LogP contribution in [0.15, 0.2) is 24.3 Å². The van der Waals surface area contributed by atoms with Gasteiger partial charge in [-0.15, -0.1) is 0 Å². The maximum absolute atomic E-state index is 12.4. The summed E-state index contributed by atoms with van der Waals surface area (Å²) in [7, 11) is 1.91. The van der Waals surface area contributed by atoms with E-state index in [0.29, 0.717) is 18.7 Å². The first kappa shape index (κ1) is 14.3. The Morgan fingerprint density at radius 1 is 1.32 bits per heavy atom. The molecule has 0 saturated carbocycles. The molecule has 1 N–H and O–H groups in total. The molecule has 1 aliphatic heterocycles. The topological polar surface area (TPSA) is 32.7 Å². The lowest BCUT2D eigenvalue weighted by atomic mass is 10.0. The second-order valence-electron chi connectivity index (χ2n) is 4.74. The molecule has 3 nitrogen and oxygen atoms in total. The number of aliphatic hydroxyl groups excluding tert-OH is 1. The van der Waals surface area contributed by atoms with E-state index in [1.165, 1.54) is 12.1 Å². The summed E-state index contributed by atoms with van der Waals surface area (Å²) in [4.78, 5) is 2.02. The van der Waals surface area contributed by atoms with Gasteiger partial charge in [0.2, 0.25) is 0 Å². The Hall–Kier alpha value is -1.11. The van der Waals surface area contributed by atoms with Crippen LogP contribution < -0.4 is 0 Å². The molecule has 0 aliphatic carbocycles. The minimum atomic E-state index is -4.36. The Morgan fingerprint density at radius 2 is 1.95 bits per heavy atom. The van der Waals surface area contributed by atoms with Gasteiger partial charge in [-0.1, -0.05) is 12.1 Å². The Balaban J connectivity index is 2.09. The predicted molar refractivity (Wildman–Crippen MR) is 63.6 cm³/mol. The lowest BCUT2D eigenvalue weighted by molar-refractivity contribution is -0.137. The van der Waals surface area contributed by atoms with Crippen LogP contribution in [0.2, 0.25) is 0 Å².